The molecule has 27 heavy (non-hydrogen) atoms. The van der Waals surface area contributed by atoms with Crippen LogP contribution in [-0.2, 0) is 6.54 Å². The highest BCUT2D eigenvalue weighted by molar-refractivity contribution is 7.09. The van der Waals surface area contributed by atoms with E-state index in [9.17, 15) is 9.18 Å². The summed E-state index contributed by atoms with van der Waals surface area (Å²) < 4.78 is 13.1. The fourth-order valence-corrected chi connectivity index (χ4v) is 3.95. The Hall–Kier alpha value is -2.64. The summed E-state index contributed by atoms with van der Waals surface area (Å²) in [7, 11) is 0. The van der Waals surface area contributed by atoms with Gasteiger partial charge in [0.2, 0.25) is 0 Å². The van der Waals surface area contributed by atoms with Crippen molar-refractivity contribution in [1.82, 2.24) is 19.8 Å². The predicted molar refractivity (Wildman–Crippen MR) is 103 cm³/mol. The minimum absolute atomic E-state index is 0.0376. The lowest BCUT2D eigenvalue weighted by Crippen LogP contribution is -2.48. The molecule has 2 aromatic heterocycles. The number of carbonyl (C=O) groups is 1. The molecule has 0 radical (unpaired) electrons. The van der Waals surface area contributed by atoms with E-state index in [1.54, 1.807) is 48.0 Å². The molecular formula is C20H19FN4OS. The van der Waals surface area contributed by atoms with Crippen molar-refractivity contribution in [3.8, 4) is 11.3 Å². The smallest absolute Gasteiger partial charge is 0.255 e. The van der Waals surface area contributed by atoms with Crippen molar-refractivity contribution < 1.29 is 9.18 Å². The molecule has 0 spiro atoms. The molecule has 1 fully saturated rings. The number of piperazine rings is 1. The molecule has 1 amide bonds. The van der Waals surface area contributed by atoms with E-state index in [1.807, 2.05) is 10.3 Å². The third-order valence-electron chi connectivity index (χ3n) is 4.62. The van der Waals surface area contributed by atoms with Gasteiger partial charge in [0.15, 0.2) is 0 Å². The molecule has 4 rings (SSSR count). The van der Waals surface area contributed by atoms with Gasteiger partial charge in [-0.3, -0.25) is 14.7 Å². The van der Waals surface area contributed by atoms with Gasteiger partial charge in [0.1, 0.15) is 10.8 Å². The third-order valence-corrected chi connectivity index (χ3v) is 5.45. The fourth-order valence-electron chi connectivity index (χ4n) is 3.11. The lowest BCUT2D eigenvalue weighted by Gasteiger charge is -2.34. The first-order valence-electron chi connectivity index (χ1n) is 8.81. The number of pyridine rings is 1. The number of benzene rings is 1. The first-order valence-corrected chi connectivity index (χ1v) is 9.69. The molecule has 1 aliphatic heterocycles. The van der Waals surface area contributed by atoms with Crippen LogP contribution in [0.5, 0.6) is 0 Å². The van der Waals surface area contributed by atoms with E-state index in [2.05, 4.69) is 14.9 Å². The molecule has 0 unspecified atom stereocenters. The molecule has 138 valence electrons. The number of halogens is 1. The van der Waals surface area contributed by atoms with Gasteiger partial charge in [-0.1, -0.05) is 0 Å². The Bertz CT molecular complexity index is 905. The van der Waals surface area contributed by atoms with Gasteiger partial charge in [-0.05, 0) is 36.4 Å². The molecule has 0 bridgehead atoms. The van der Waals surface area contributed by atoms with Crippen molar-refractivity contribution in [2.24, 2.45) is 0 Å². The fraction of sp³-hybridized carbons (Fsp3) is 0.250. The van der Waals surface area contributed by atoms with Crippen LogP contribution in [0.2, 0.25) is 0 Å². The number of thiazole rings is 1. The normalized spacial score (nSPS) is 15.1. The van der Waals surface area contributed by atoms with E-state index in [4.69, 9.17) is 0 Å². The van der Waals surface area contributed by atoms with Crippen LogP contribution in [0.15, 0.2) is 54.2 Å². The summed E-state index contributed by atoms with van der Waals surface area (Å²) in [6, 6.07) is 9.98. The van der Waals surface area contributed by atoms with Crippen LogP contribution in [0.25, 0.3) is 11.3 Å². The van der Waals surface area contributed by atoms with Crippen LogP contribution in [0.4, 0.5) is 4.39 Å². The molecule has 0 atom stereocenters. The zero-order valence-electron chi connectivity index (χ0n) is 14.7. The molecule has 1 aromatic carbocycles. The maximum atomic E-state index is 13.1. The highest BCUT2D eigenvalue weighted by atomic mass is 32.1. The zero-order valence-corrected chi connectivity index (χ0v) is 15.5. The highest BCUT2D eigenvalue weighted by Crippen LogP contribution is 2.23. The standard InChI is InChI=1S/C20H19FN4OS/c21-17-5-3-15(4-6-17)18-14-27-19(23-18)13-24-8-10-25(11-9-24)20(26)16-2-1-7-22-12-16/h1-7,12,14H,8-11,13H2. The topological polar surface area (TPSA) is 49.3 Å². The molecular weight excluding hydrogens is 363 g/mol. The molecule has 0 aliphatic carbocycles. The second-order valence-electron chi connectivity index (χ2n) is 6.44. The van der Waals surface area contributed by atoms with E-state index < -0.39 is 0 Å². The SMILES string of the molecule is O=C(c1cccnc1)N1CCN(Cc2nc(-c3ccc(F)cc3)cs2)CC1. The average molecular weight is 382 g/mol. The maximum absolute atomic E-state index is 13.1. The number of hydrogen-bond acceptors (Lipinski definition) is 5. The summed E-state index contributed by atoms with van der Waals surface area (Å²) in [6.07, 6.45) is 3.28. The Morgan fingerprint density at radius 2 is 1.89 bits per heavy atom. The van der Waals surface area contributed by atoms with Crippen LogP contribution >= 0.6 is 11.3 Å². The quantitative estimate of drug-likeness (QED) is 0.695. The monoisotopic (exact) mass is 382 g/mol. The molecule has 0 N–H and O–H groups in total. The number of rotatable bonds is 4. The number of carbonyl (C=O) groups excluding carboxylic acids is 1. The van der Waals surface area contributed by atoms with E-state index >= 15 is 0 Å². The van der Waals surface area contributed by atoms with Crippen LogP contribution in [0.3, 0.4) is 0 Å². The first kappa shape index (κ1) is 17.8. The second-order valence-corrected chi connectivity index (χ2v) is 7.39. The van der Waals surface area contributed by atoms with Gasteiger partial charge in [0.05, 0.1) is 17.8 Å². The van der Waals surface area contributed by atoms with Crippen LogP contribution < -0.4 is 0 Å². The van der Waals surface area contributed by atoms with Gasteiger partial charge >= 0.3 is 0 Å². The summed E-state index contributed by atoms with van der Waals surface area (Å²) >= 11 is 1.61. The lowest BCUT2D eigenvalue weighted by atomic mass is 10.2. The molecule has 0 saturated carbocycles. The lowest BCUT2D eigenvalue weighted by molar-refractivity contribution is 0.0628. The number of aromatic nitrogens is 2. The van der Waals surface area contributed by atoms with Crippen molar-refractivity contribution in [2.75, 3.05) is 26.2 Å². The average Bonchev–Trinajstić information content (AvgIpc) is 3.18. The molecule has 3 heterocycles. The minimum Gasteiger partial charge on any atom is -0.336 e. The van der Waals surface area contributed by atoms with Crippen molar-refractivity contribution in [3.63, 3.8) is 0 Å². The van der Waals surface area contributed by atoms with Gasteiger partial charge < -0.3 is 4.90 Å². The molecule has 7 heteroatoms. The maximum Gasteiger partial charge on any atom is 0.255 e. The van der Waals surface area contributed by atoms with E-state index in [1.165, 1.54) is 12.1 Å². The van der Waals surface area contributed by atoms with Crippen LogP contribution in [-0.4, -0.2) is 51.9 Å². The van der Waals surface area contributed by atoms with Crippen LogP contribution in [0, 0.1) is 5.82 Å². The molecule has 1 aliphatic rings. The number of amides is 1. The Kier molecular flexibility index (Phi) is 5.22. The van der Waals surface area contributed by atoms with Crippen molar-refractivity contribution >= 4 is 17.2 Å². The largest absolute Gasteiger partial charge is 0.336 e. The Morgan fingerprint density at radius 3 is 2.59 bits per heavy atom. The van der Waals surface area contributed by atoms with Crippen molar-refractivity contribution in [2.45, 2.75) is 6.54 Å². The van der Waals surface area contributed by atoms with E-state index in [-0.39, 0.29) is 11.7 Å². The van der Waals surface area contributed by atoms with Crippen molar-refractivity contribution in [1.29, 1.82) is 0 Å². The van der Waals surface area contributed by atoms with E-state index in [0.717, 1.165) is 35.9 Å². The summed E-state index contributed by atoms with van der Waals surface area (Å²) in [5, 5.41) is 3.03. The predicted octanol–water partition coefficient (Wildman–Crippen LogP) is 3.30. The number of hydrogen-bond donors (Lipinski definition) is 0. The minimum atomic E-state index is -0.243. The van der Waals surface area contributed by atoms with Gasteiger partial charge in [-0.2, -0.15) is 0 Å². The molecule has 3 aromatic rings. The Balaban J connectivity index is 1.33. The molecule has 1 saturated heterocycles. The summed E-state index contributed by atoms with van der Waals surface area (Å²) in [5.41, 5.74) is 2.43. The first-order chi connectivity index (χ1) is 13.2. The van der Waals surface area contributed by atoms with Gasteiger partial charge in [0, 0.05) is 49.5 Å². The zero-order chi connectivity index (χ0) is 18.6. The Morgan fingerprint density at radius 1 is 1.11 bits per heavy atom. The summed E-state index contributed by atoms with van der Waals surface area (Å²) in [4.78, 5) is 25.3. The Labute approximate surface area is 161 Å². The third kappa shape index (κ3) is 4.20. The van der Waals surface area contributed by atoms with Gasteiger partial charge in [-0.25, -0.2) is 9.37 Å². The number of nitrogens with zero attached hydrogens (tertiary/aromatic N) is 4. The second kappa shape index (κ2) is 7.94. The van der Waals surface area contributed by atoms with E-state index in [0.29, 0.717) is 18.7 Å². The van der Waals surface area contributed by atoms with Gasteiger partial charge in [-0.15, -0.1) is 11.3 Å². The summed E-state index contributed by atoms with van der Waals surface area (Å²) in [6.45, 7) is 3.80. The molecule has 5 nitrogen and oxygen atoms in total. The van der Waals surface area contributed by atoms with Gasteiger partial charge in [0.25, 0.3) is 5.91 Å². The highest BCUT2D eigenvalue weighted by Gasteiger charge is 2.22. The van der Waals surface area contributed by atoms with Crippen LogP contribution in [0.1, 0.15) is 15.4 Å². The van der Waals surface area contributed by atoms with Crippen molar-refractivity contribution in [3.05, 3.63) is 70.6 Å². The summed E-state index contributed by atoms with van der Waals surface area (Å²) in [5.74, 6) is -0.205.